The summed E-state index contributed by atoms with van der Waals surface area (Å²) in [6.45, 7) is 5.56. The summed E-state index contributed by atoms with van der Waals surface area (Å²) in [5, 5.41) is 2.51. The minimum atomic E-state index is -0.447. The van der Waals surface area contributed by atoms with E-state index in [1.54, 1.807) is 7.05 Å². The Hall–Kier alpha value is -1.32. The molecule has 1 saturated carbocycles. The monoisotopic (exact) mass is 239 g/mol. The Morgan fingerprint density at radius 1 is 1.35 bits per heavy atom. The number of likely N-dealkylation sites (N-methyl/N-ethyl adjacent to an activating group) is 1. The summed E-state index contributed by atoms with van der Waals surface area (Å²) in [4.78, 5) is 22.8. The molecule has 1 rings (SSSR count). The van der Waals surface area contributed by atoms with Gasteiger partial charge in [-0.25, -0.2) is 0 Å². The molecule has 1 aliphatic carbocycles. The number of ether oxygens (including phenoxy) is 1. The van der Waals surface area contributed by atoms with Gasteiger partial charge in [-0.15, -0.1) is 0 Å². The van der Waals surface area contributed by atoms with Crippen molar-refractivity contribution in [3.8, 4) is 0 Å². The first kappa shape index (κ1) is 13.7. The van der Waals surface area contributed by atoms with E-state index in [0.29, 0.717) is 6.42 Å². The van der Waals surface area contributed by atoms with Gasteiger partial charge in [0.1, 0.15) is 5.60 Å². The Morgan fingerprint density at radius 3 is 2.35 bits per heavy atom. The van der Waals surface area contributed by atoms with Crippen molar-refractivity contribution < 1.29 is 14.3 Å². The highest BCUT2D eigenvalue weighted by molar-refractivity contribution is 5.87. The molecule has 0 aromatic carbocycles. The van der Waals surface area contributed by atoms with Crippen LogP contribution in [-0.4, -0.2) is 24.5 Å². The smallest absolute Gasteiger partial charge is 0.307 e. The summed E-state index contributed by atoms with van der Waals surface area (Å²) in [7, 11) is 1.58. The van der Waals surface area contributed by atoms with Gasteiger partial charge in [0, 0.05) is 7.05 Å². The first-order chi connectivity index (χ1) is 7.76. The molecular formula is C13H21NO3. The fraction of sp³-hybridized carbons (Fsp3) is 0.692. The van der Waals surface area contributed by atoms with E-state index in [9.17, 15) is 9.59 Å². The predicted octanol–water partition coefficient (Wildman–Crippen LogP) is 1.80. The van der Waals surface area contributed by atoms with E-state index in [1.165, 1.54) is 6.08 Å². The Morgan fingerprint density at radius 2 is 1.94 bits per heavy atom. The molecule has 0 aromatic heterocycles. The van der Waals surface area contributed by atoms with Crippen LogP contribution in [-0.2, 0) is 14.3 Å². The highest BCUT2D eigenvalue weighted by Crippen LogP contribution is 2.50. The van der Waals surface area contributed by atoms with Crippen molar-refractivity contribution in [2.24, 2.45) is 5.41 Å². The third-order valence-corrected chi connectivity index (χ3v) is 2.64. The molecule has 4 nitrogen and oxygen atoms in total. The number of amides is 1. The molecule has 96 valence electrons. The molecule has 0 aliphatic heterocycles. The van der Waals surface area contributed by atoms with Crippen molar-refractivity contribution in [2.45, 2.75) is 45.6 Å². The van der Waals surface area contributed by atoms with Crippen LogP contribution in [0.2, 0.25) is 0 Å². The summed E-state index contributed by atoms with van der Waals surface area (Å²) in [5.74, 6) is -0.336. The average Bonchev–Trinajstić information content (AvgIpc) is 2.91. The van der Waals surface area contributed by atoms with Gasteiger partial charge in [-0.05, 0) is 45.1 Å². The maximum absolute atomic E-state index is 11.7. The van der Waals surface area contributed by atoms with Crippen LogP contribution < -0.4 is 5.32 Å². The van der Waals surface area contributed by atoms with Gasteiger partial charge in [-0.3, -0.25) is 9.59 Å². The maximum Gasteiger partial charge on any atom is 0.307 e. The lowest BCUT2D eigenvalue weighted by molar-refractivity contribution is -0.155. The number of carbonyl (C=O) groups is 2. The number of carbonyl (C=O) groups excluding carboxylic acids is 2. The van der Waals surface area contributed by atoms with Crippen LogP contribution in [0.5, 0.6) is 0 Å². The molecule has 0 saturated heterocycles. The normalized spacial score (nSPS) is 17.9. The van der Waals surface area contributed by atoms with Crippen LogP contribution in [0.1, 0.15) is 40.0 Å². The molecule has 0 bridgehead atoms. The average molecular weight is 239 g/mol. The largest absolute Gasteiger partial charge is 0.460 e. The van der Waals surface area contributed by atoms with E-state index in [4.69, 9.17) is 4.74 Å². The minimum absolute atomic E-state index is 0.138. The van der Waals surface area contributed by atoms with Crippen molar-refractivity contribution in [3.63, 3.8) is 0 Å². The van der Waals surface area contributed by atoms with Gasteiger partial charge in [-0.1, -0.05) is 6.08 Å². The molecule has 0 radical (unpaired) electrons. The molecule has 0 unspecified atom stereocenters. The number of hydrogen-bond donors (Lipinski definition) is 1. The molecule has 4 heteroatoms. The highest BCUT2D eigenvalue weighted by Gasteiger charge is 2.43. The zero-order chi connectivity index (χ0) is 13.1. The van der Waals surface area contributed by atoms with Gasteiger partial charge in [0.2, 0.25) is 5.91 Å². The van der Waals surface area contributed by atoms with Gasteiger partial charge >= 0.3 is 5.97 Å². The van der Waals surface area contributed by atoms with Crippen LogP contribution in [0.15, 0.2) is 12.2 Å². The van der Waals surface area contributed by atoms with Crippen LogP contribution >= 0.6 is 0 Å². The summed E-state index contributed by atoms with van der Waals surface area (Å²) in [6.07, 6.45) is 5.57. The van der Waals surface area contributed by atoms with Crippen molar-refractivity contribution in [1.82, 2.24) is 5.32 Å². The molecule has 1 fully saturated rings. The van der Waals surface area contributed by atoms with Crippen LogP contribution in [0.4, 0.5) is 0 Å². The number of hydrogen-bond acceptors (Lipinski definition) is 3. The fourth-order valence-electron chi connectivity index (χ4n) is 1.56. The standard InChI is InChI=1S/C13H21NO3/c1-12(2,3)17-11(16)9-13(7-8-13)6-5-10(15)14-4/h5-6H,7-9H2,1-4H3,(H,14,15)/b6-5+. The third-order valence-electron chi connectivity index (χ3n) is 2.64. The Labute approximate surface area is 102 Å². The van der Waals surface area contributed by atoms with E-state index < -0.39 is 5.60 Å². The fourth-order valence-corrected chi connectivity index (χ4v) is 1.56. The van der Waals surface area contributed by atoms with E-state index in [0.717, 1.165) is 12.8 Å². The molecular weight excluding hydrogens is 218 g/mol. The SMILES string of the molecule is CNC(=O)/C=C/C1(CC(=O)OC(C)(C)C)CC1. The second-order valence-electron chi connectivity index (χ2n) is 5.57. The molecule has 0 spiro atoms. The Bertz CT molecular complexity index is 335. The van der Waals surface area contributed by atoms with Gasteiger partial charge in [-0.2, -0.15) is 0 Å². The van der Waals surface area contributed by atoms with E-state index in [1.807, 2.05) is 26.8 Å². The quantitative estimate of drug-likeness (QED) is 0.601. The molecule has 0 atom stereocenters. The van der Waals surface area contributed by atoms with E-state index in [-0.39, 0.29) is 17.3 Å². The third kappa shape index (κ3) is 5.02. The maximum atomic E-state index is 11.7. The molecule has 1 N–H and O–H groups in total. The van der Waals surface area contributed by atoms with Gasteiger partial charge in [0.05, 0.1) is 6.42 Å². The lowest BCUT2D eigenvalue weighted by Gasteiger charge is -2.20. The van der Waals surface area contributed by atoms with E-state index >= 15 is 0 Å². The number of nitrogens with one attached hydrogen (secondary N) is 1. The van der Waals surface area contributed by atoms with E-state index in [2.05, 4.69) is 5.32 Å². The van der Waals surface area contributed by atoms with Crippen LogP contribution in [0, 0.1) is 5.41 Å². The summed E-state index contributed by atoms with van der Waals surface area (Å²) >= 11 is 0. The minimum Gasteiger partial charge on any atom is -0.460 e. The molecule has 1 amide bonds. The second-order valence-corrected chi connectivity index (χ2v) is 5.57. The zero-order valence-electron chi connectivity index (χ0n) is 11.0. The van der Waals surface area contributed by atoms with Crippen molar-refractivity contribution in [1.29, 1.82) is 0 Å². The lowest BCUT2D eigenvalue weighted by atomic mass is 10.0. The van der Waals surface area contributed by atoms with Gasteiger partial charge in [0.25, 0.3) is 0 Å². The second kappa shape index (κ2) is 4.90. The van der Waals surface area contributed by atoms with Crippen LogP contribution in [0.25, 0.3) is 0 Å². The lowest BCUT2D eigenvalue weighted by Crippen LogP contribution is -2.25. The summed E-state index contributed by atoms with van der Waals surface area (Å²) in [6, 6.07) is 0. The number of rotatable bonds is 4. The summed E-state index contributed by atoms with van der Waals surface area (Å²) < 4.78 is 5.27. The van der Waals surface area contributed by atoms with Crippen molar-refractivity contribution in [3.05, 3.63) is 12.2 Å². The van der Waals surface area contributed by atoms with Crippen molar-refractivity contribution >= 4 is 11.9 Å². The number of esters is 1. The van der Waals surface area contributed by atoms with Crippen molar-refractivity contribution in [2.75, 3.05) is 7.05 Å². The van der Waals surface area contributed by atoms with Gasteiger partial charge in [0.15, 0.2) is 0 Å². The Balaban J connectivity index is 2.48. The van der Waals surface area contributed by atoms with Gasteiger partial charge < -0.3 is 10.1 Å². The zero-order valence-corrected chi connectivity index (χ0v) is 11.0. The molecule has 0 heterocycles. The first-order valence-electron chi connectivity index (χ1n) is 5.89. The first-order valence-corrected chi connectivity index (χ1v) is 5.89. The highest BCUT2D eigenvalue weighted by atomic mass is 16.6. The summed E-state index contributed by atoms with van der Waals surface area (Å²) in [5.41, 5.74) is -0.591. The topological polar surface area (TPSA) is 55.4 Å². The molecule has 1 aliphatic rings. The number of allylic oxidation sites excluding steroid dienone is 1. The predicted molar refractivity (Wildman–Crippen MR) is 65.3 cm³/mol. The molecule has 0 aromatic rings. The molecule has 17 heavy (non-hydrogen) atoms. The van der Waals surface area contributed by atoms with Crippen LogP contribution in [0.3, 0.4) is 0 Å². The Kier molecular flexibility index (Phi) is 3.96.